The lowest BCUT2D eigenvalue weighted by Crippen LogP contribution is -2.47. The number of carbonyl (C=O) groups excluding carboxylic acids is 1. The van der Waals surface area contributed by atoms with Crippen LogP contribution < -0.4 is 0 Å². The van der Waals surface area contributed by atoms with Crippen LogP contribution in [-0.4, -0.2) is 39.6 Å². The zero-order chi connectivity index (χ0) is 19.6. The number of H-pyrrole nitrogens is 1. The van der Waals surface area contributed by atoms with Crippen molar-refractivity contribution < 1.29 is 9.90 Å². The average Bonchev–Trinajstić information content (AvgIpc) is 3.02. The molecule has 4 heteroatoms. The summed E-state index contributed by atoms with van der Waals surface area (Å²) in [5.41, 5.74) is 3.96. The number of fused-ring (bicyclic) bond motifs is 1. The van der Waals surface area contributed by atoms with Crippen LogP contribution in [0.3, 0.4) is 0 Å². The lowest BCUT2D eigenvalue weighted by atomic mass is 9.85. The topological polar surface area (TPSA) is 56.3 Å². The maximum atomic E-state index is 12.7. The van der Waals surface area contributed by atoms with E-state index < -0.39 is 5.60 Å². The number of carbonyl (C=O) groups is 1. The van der Waals surface area contributed by atoms with Crippen LogP contribution >= 0.6 is 0 Å². The number of aromatic nitrogens is 1. The molecule has 0 bridgehead atoms. The largest absolute Gasteiger partial charge is 0.389 e. The molecule has 1 fully saturated rings. The lowest BCUT2D eigenvalue weighted by Gasteiger charge is -2.38. The third kappa shape index (κ3) is 3.97. The normalized spacial score (nSPS) is 16.4. The summed E-state index contributed by atoms with van der Waals surface area (Å²) in [6.07, 6.45) is 3.20. The summed E-state index contributed by atoms with van der Waals surface area (Å²) < 4.78 is 0. The number of para-hydroxylation sites is 1. The van der Waals surface area contributed by atoms with Gasteiger partial charge < -0.3 is 15.0 Å². The Bertz CT molecular complexity index is 953. The SMILES string of the molecule is Cc1[nH]c2ccccc2c1CCC(=O)N1CCC(O)(Cc2ccccc2)CC1. The summed E-state index contributed by atoms with van der Waals surface area (Å²) in [7, 11) is 0. The summed E-state index contributed by atoms with van der Waals surface area (Å²) >= 11 is 0. The van der Waals surface area contributed by atoms with Crippen molar-refractivity contribution in [1.82, 2.24) is 9.88 Å². The highest BCUT2D eigenvalue weighted by Gasteiger charge is 2.33. The maximum absolute atomic E-state index is 12.7. The van der Waals surface area contributed by atoms with Gasteiger partial charge in [-0.2, -0.15) is 0 Å². The number of aliphatic hydroxyl groups is 1. The molecule has 146 valence electrons. The third-order valence-electron chi connectivity index (χ3n) is 6.04. The van der Waals surface area contributed by atoms with Gasteiger partial charge in [0, 0.05) is 42.5 Å². The number of aromatic amines is 1. The first-order chi connectivity index (χ1) is 13.5. The number of hydrogen-bond donors (Lipinski definition) is 2. The van der Waals surface area contributed by atoms with E-state index in [2.05, 4.69) is 36.2 Å². The van der Waals surface area contributed by atoms with Gasteiger partial charge >= 0.3 is 0 Å². The Kier molecular flexibility index (Phi) is 5.23. The van der Waals surface area contributed by atoms with Crippen LogP contribution in [0, 0.1) is 6.92 Å². The van der Waals surface area contributed by atoms with Crippen molar-refractivity contribution >= 4 is 16.8 Å². The van der Waals surface area contributed by atoms with Crippen LogP contribution in [0.25, 0.3) is 10.9 Å². The molecule has 0 spiro atoms. The molecule has 1 amide bonds. The van der Waals surface area contributed by atoms with Gasteiger partial charge in [-0.05, 0) is 43.4 Å². The average molecular weight is 377 g/mol. The second-order valence-corrected chi connectivity index (χ2v) is 8.04. The zero-order valence-electron chi connectivity index (χ0n) is 16.4. The minimum atomic E-state index is -0.703. The van der Waals surface area contributed by atoms with Crippen molar-refractivity contribution in [2.45, 2.75) is 44.6 Å². The van der Waals surface area contributed by atoms with Gasteiger partial charge in [0.2, 0.25) is 5.91 Å². The second-order valence-electron chi connectivity index (χ2n) is 8.04. The summed E-state index contributed by atoms with van der Waals surface area (Å²) in [6, 6.07) is 18.4. The summed E-state index contributed by atoms with van der Waals surface area (Å²) in [5, 5.41) is 12.1. The monoisotopic (exact) mass is 376 g/mol. The van der Waals surface area contributed by atoms with Crippen molar-refractivity contribution in [1.29, 1.82) is 0 Å². The fourth-order valence-electron chi connectivity index (χ4n) is 4.37. The molecule has 4 rings (SSSR count). The van der Waals surface area contributed by atoms with Crippen molar-refractivity contribution in [3.8, 4) is 0 Å². The van der Waals surface area contributed by atoms with Crippen molar-refractivity contribution in [3.63, 3.8) is 0 Å². The minimum absolute atomic E-state index is 0.187. The molecule has 0 saturated carbocycles. The molecule has 0 aliphatic carbocycles. The Morgan fingerprint density at radius 2 is 1.75 bits per heavy atom. The molecule has 28 heavy (non-hydrogen) atoms. The highest BCUT2D eigenvalue weighted by Crippen LogP contribution is 2.28. The Hall–Kier alpha value is -2.59. The van der Waals surface area contributed by atoms with E-state index in [0.29, 0.717) is 38.8 Å². The molecule has 3 aromatic rings. The van der Waals surface area contributed by atoms with Crippen LogP contribution in [0.2, 0.25) is 0 Å². The predicted octanol–water partition coefficient (Wildman–Crippen LogP) is 4.01. The summed E-state index contributed by atoms with van der Waals surface area (Å²) in [5.74, 6) is 0.187. The van der Waals surface area contributed by atoms with Crippen LogP contribution in [0.5, 0.6) is 0 Å². The van der Waals surface area contributed by atoms with E-state index in [1.165, 1.54) is 10.9 Å². The second kappa shape index (κ2) is 7.80. The van der Waals surface area contributed by atoms with Gasteiger partial charge in [0.1, 0.15) is 0 Å². The molecule has 2 aromatic carbocycles. The molecular formula is C24H28N2O2. The van der Waals surface area contributed by atoms with E-state index in [0.717, 1.165) is 23.2 Å². The Labute approximate surface area is 166 Å². The van der Waals surface area contributed by atoms with Gasteiger partial charge in [0.25, 0.3) is 0 Å². The fourth-order valence-corrected chi connectivity index (χ4v) is 4.37. The van der Waals surface area contributed by atoms with E-state index in [9.17, 15) is 9.90 Å². The van der Waals surface area contributed by atoms with E-state index in [-0.39, 0.29) is 5.91 Å². The number of benzene rings is 2. The van der Waals surface area contributed by atoms with E-state index >= 15 is 0 Å². The van der Waals surface area contributed by atoms with Crippen LogP contribution in [0.4, 0.5) is 0 Å². The first-order valence-electron chi connectivity index (χ1n) is 10.1. The molecule has 4 nitrogen and oxygen atoms in total. The highest BCUT2D eigenvalue weighted by atomic mass is 16.3. The van der Waals surface area contributed by atoms with Crippen molar-refractivity contribution in [2.24, 2.45) is 0 Å². The van der Waals surface area contributed by atoms with Gasteiger partial charge in [-0.15, -0.1) is 0 Å². The Balaban J connectivity index is 1.33. The number of nitrogens with one attached hydrogen (secondary N) is 1. The first kappa shape index (κ1) is 18.8. The molecule has 0 atom stereocenters. The van der Waals surface area contributed by atoms with Gasteiger partial charge in [-0.1, -0.05) is 48.5 Å². The number of rotatable bonds is 5. The molecule has 1 aliphatic heterocycles. The number of amides is 1. The first-order valence-corrected chi connectivity index (χ1v) is 10.1. The van der Waals surface area contributed by atoms with Gasteiger partial charge in [0.15, 0.2) is 0 Å². The molecule has 0 radical (unpaired) electrons. The Morgan fingerprint density at radius 1 is 1.07 bits per heavy atom. The van der Waals surface area contributed by atoms with E-state index in [1.807, 2.05) is 35.2 Å². The Morgan fingerprint density at radius 3 is 2.50 bits per heavy atom. The van der Waals surface area contributed by atoms with Gasteiger partial charge in [0.05, 0.1) is 5.60 Å². The number of aryl methyl sites for hydroxylation is 2. The maximum Gasteiger partial charge on any atom is 0.222 e. The van der Waals surface area contributed by atoms with Crippen LogP contribution in [0.15, 0.2) is 54.6 Å². The number of likely N-dealkylation sites (tertiary alicyclic amines) is 1. The van der Waals surface area contributed by atoms with Crippen molar-refractivity contribution in [3.05, 3.63) is 71.4 Å². The number of nitrogens with zero attached hydrogens (tertiary/aromatic N) is 1. The summed E-state index contributed by atoms with van der Waals surface area (Å²) in [6.45, 7) is 3.34. The number of piperidine rings is 1. The van der Waals surface area contributed by atoms with E-state index in [1.54, 1.807) is 0 Å². The van der Waals surface area contributed by atoms with Crippen LogP contribution in [0.1, 0.15) is 36.1 Å². The molecule has 1 saturated heterocycles. The molecule has 1 aromatic heterocycles. The van der Waals surface area contributed by atoms with Crippen LogP contribution in [-0.2, 0) is 17.6 Å². The molecule has 0 unspecified atom stereocenters. The van der Waals surface area contributed by atoms with Crippen molar-refractivity contribution in [2.75, 3.05) is 13.1 Å². The highest BCUT2D eigenvalue weighted by molar-refractivity contribution is 5.85. The van der Waals surface area contributed by atoms with Gasteiger partial charge in [-0.25, -0.2) is 0 Å². The lowest BCUT2D eigenvalue weighted by molar-refractivity contribution is -0.135. The zero-order valence-corrected chi connectivity index (χ0v) is 16.4. The predicted molar refractivity (Wildman–Crippen MR) is 112 cm³/mol. The third-order valence-corrected chi connectivity index (χ3v) is 6.04. The smallest absolute Gasteiger partial charge is 0.222 e. The fraction of sp³-hybridized carbons (Fsp3) is 0.375. The quantitative estimate of drug-likeness (QED) is 0.707. The molecule has 1 aliphatic rings. The molecular weight excluding hydrogens is 348 g/mol. The minimum Gasteiger partial charge on any atom is -0.389 e. The van der Waals surface area contributed by atoms with Gasteiger partial charge in [-0.3, -0.25) is 4.79 Å². The molecule has 2 heterocycles. The van der Waals surface area contributed by atoms with E-state index in [4.69, 9.17) is 0 Å². The molecule has 2 N–H and O–H groups in total. The number of hydrogen-bond acceptors (Lipinski definition) is 2. The standard InChI is InChI=1S/C24H28N2O2/c1-18-20(21-9-5-6-10-22(21)25-18)11-12-23(27)26-15-13-24(28,14-16-26)17-19-7-3-2-4-8-19/h2-10,25,28H,11-17H2,1H3. The summed E-state index contributed by atoms with van der Waals surface area (Å²) in [4.78, 5) is 18.1.